The fourth-order valence-electron chi connectivity index (χ4n) is 1.77. The molecule has 0 saturated heterocycles. The Bertz CT molecular complexity index is 488. The third-order valence-corrected chi connectivity index (χ3v) is 5.02. The average molecular weight is 311 g/mol. The first kappa shape index (κ1) is 17.9. The van der Waals surface area contributed by atoms with E-state index < -0.39 is 16.8 Å². The van der Waals surface area contributed by atoms with Gasteiger partial charge in [0.2, 0.25) is 0 Å². The summed E-state index contributed by atoms with van der Waals surface area (Å²) >= 11 is 1.57. The van der Waals surface area contributed by atoms with E-state index in [2.05, 4.69) is 19.9 Å². The molecule has 0 saturated carbocycles. The van der Waals surface area contributed by atoms with Crippen LogP contribution in [0.2, 0.25) is 0 Å². The average Bonchev–Trinajstić information content (AvgIpc) is 2.41. The number of benzene rings is 1. The Morgan fingerprint density at radius 3 is 2.62 bits per heavy atom. The van der Waals surface area contributed by atoms with Gasteiger partial charge in [0.15, 0.2) is 0 Å². The minimum atomic E-state index is -0.959. The number of aliphatic carboxylic acids is 1. The lowest BCUT2D eigenvalue weighted by Gasteiger charge is -2.27. The van der Waals surface area contributed by atoms with E-state index >= 15 is 0 Å². The van der Waals surface area contributed by atoms with Gasteiger partial charge in [-0.2, -0.15) is 11.8 Å². The highest BCUT2D eigenvalue weighted by atomic mass is 32.2. The second-order valence-corrected chi connectivity index (χ2v) is 7.47. The van der Waals surface area contributed by atoms with Crippen LogP contribution in [0.1, 0.15) is 31.4 Å². The fourth-order valence-corrected chi connectivity index (χ4v) is 2.84. The van der Waals surface area contributed by atoms with Crippen molar-refractivity contribution < 1.29 is 14.6 Å². The van der Waals surface area contributed by atoms with Crippen molar-refractivity contribution in [1.29, 1.82) is 0 Å². The molecule has 3 N–H and O–H groups in total. The van der Waals surface area contributed by atoms with Gasteiger partial charge in [0.25, 0.3) is 0 Å². The van der Waals surface area contributed by atoms with Crippen LogP contribution in [0.5, 0.6) is 5.75 Å². The van der Waals surface area contributed by atoms with Gasteiger partial charge < -0.3 is 15.6 Å². The molecular formula is C16H25NO3S. The molecule has 21 heavy (non-hydrogen) atoms. The first-order valence-corrected chi connectivity index (χ1v) is 8.05. The van der Waals surface area contributed by atoms with Crippen LogP contribution in [0.4, 0.5) is 0 Å². The van der Waals surface area contributed by atoms with Crippen LogP contribution in [0, 0.1) is 13.8 Å². The lowest BCUT2D eigenvalue weighted by Crippen LogP contribution is -2.46. The third kappa shape index (κ3) is 5.59. The molecule has 0 aliphatic carbocycles. The smallest absolute Gasteiger partial charge is 0.321 e. The van der Waals surface area contributed by atoms with E-state index in [1.165, 1.54) is 11.1 Å². The summed E-state index contributed by atoms with van der Waals surface area (Å²) in [5.74, 6) is 0.738. The number of thioether (sulfide) groups is 1. The van der Waals surface area contributed by atoms with Gasteiger partial charge in [0.1, 0.15) is 11.8 Å². The third-order valence-electron chi connectivity index (χ3n) is 3.52. The Balaban J connectivity index is 2.31. The van der Waals surface area contributed by atoms with Crippen molar-refractivity contribution in [1.82, 2.24) is 0 Å². The number of carbonyl (C=O) groups is 1. The Morgan fingerprint density at radius 2 is 2.05 bits per heavy atom. The van der Waals surface area contributed by atoms with Crippen molar-refractivity contribution >= 4 is 17.7 Å². The Kier molecular flexibility index (Phi) is 6.55. The number of hydrogen-bond donors (Lipinski definition) is 2. The van der Waals surface area contributed by atoms with Crippen LogP contribution < -0.4 is 10.5 Å². The number of nitrogens with two attached hydrogens (primary N) is 1. The molecule has 0 bridgehead atoms. The summed E-state index contributed by atoms with van der Waals surface area (Å²) in [5, 5.41) is 8.95. The van der Waals surface area contributed by atoms with Gasteiger partial charge in [-0.3, -0.25) is 4.79 Å². The first-order valence-electron chi connectivity index (χ1n) is 7.06. The van der Waals surface area contributed by atoms with Crippen LogP contribution in [0.15, 0.2) is 18.2 Å². The summed E-state index contributed by atoms with van der Waals surface area (Å²) < 4.78 is 5.22. The molecule has 0 heterocycles. The monoisotopic (exact) mass is 311 g/mol. The zero-order chi connectivity index (χ0) is 16.0. The van der Waals surface area contributed by atoms with Crippen molar-refractivity contribution in [2.75, 3.05) is 12.4 Å². The zero-order valence-corrected chi connectivity index (χ0v) is 14.0. The van der Waals surface area contributed by atoms with Crippen molar-refractivity contribution in [3.8, 4) is 5.75 Å². The standard InChI is InChI=1S/C16H25NO3S/c1-11-6-7-13(10-12(11)2)20-8-5-9-21-16(3,4)14(17)15(18)19/h6-7,10,14H,5,8-9,17H2,1-4H3,(H,18,19)/t14-/m1/s1. The summed E-state index contributed by atoms with van der Waals surface area (Å²) in [6.07, 6.45) is 0.855. The Morgan fingerprint density at radius 1 is 1.38 bits per heavy atom. The zero-order valence-electron chi connectivity index (χ0n) is 13.2. The lowest BCUT2D eigenvalue weighted by molar-refractivity contribution is -0.139. The number of aryl methyl sites for hydroxylation is 2. The van der Waals surface area contributed by atoms with Crippen molar-refractivity contribution in [2.24, 2.45) is 5.73 Å². The van der Waals surface area contributed by atoms with Crippen LogP contribution >= 0.6 is 11.8 Å². The van der Waals surface area contributed by atoms with Crippen LogP contribution in [-0.2, 0) is 4.79 Å². The predicted molar refractivity (Wildman–Crippen MR) is 88.2 cm³/mol. The summed E-state index contributed by atoms with van der Waals surface area (Å²) in [6.45, 7) is 8.48. The molecule has 1 rings (SSSR count). The molecule has 0 radical (unpaired) electrons. The van der Waals surface area contributed by atoms with E-state index in [1.54, 1.807) is 11.8 Å². The van der Waals surface area contributed by atoms with Gasteiger partial charge in [-0.15, -0.1) is 0 Å². The molecule has 0 spiro atoms. The number of carboxylic acids is 1. The summed E-state index contributed by atoms with van der Waals surface area (Å²) in [5.41, 5.74) is 8.15. The van der Waals surface area contributed by atoms with E-state index in [1.807, 2.05) is 26.0 Å². The predicted octanol–water partition coefficient (Wildman–Crippen LogP) is 3.00. The van der Waals surface area contributed by atoms with E-state index in [0.717, 1.165) is 17.9 Å². The molecule has 0 aliphatic rings. The SMILES string of the molecule is Cc1ccc(OCCCSC(C)(C)[C@H](N)C(=O)O)cc1C. The normalized spacial score (nSPS) is 13.0. The van der Waals surface area contributed by atoms with E-state index in [4.69, 9.17) is 15.6 Å². The quantitative estimate of drug-likeness (QED) is 0.722. The molecule has 118 valence electrons. The van der Waals surface area contributed by atoms with Gasteiger partial charge in [-0.1, -0.05) is 6.07 Å². The summed E-state index contributed by atoms with van der Waals surface area (Å²) in [7, 11) is 0. The minimum absolute atomic E-state index is 0.480. The molecule has 4 nitrogen and oxygen atoms in total. The summed E-state index contributed by atoms with van der Waals surface area (Å²) in [4.78, 5) is 10.9. The van der Waals surface area contributed by atoms with E-state index in [9.17, 15) is 4.79 Å². The highest BCUT2D eigenvalue weighted by Crippen LogP contribution is 2.28. The van der Waals surface area contributed by atoms with Gasteiger partial charge >= 0.3 is 5.97 Å². The molecule has 0 aromatic heterocycles. The van der Waals surface area contributed by atoms with Gasteiger partial charge in [-0.25, -0.2) is 0 Å². The van der Waals surface area contributed by atoms with E-state index in [0.29, 0.717) is 6.61 Å². The van der Waals surface area contributed by atoms with Crippen molar-refractivity contribution in [2.45, 2.75) is 44.9 Å². The molecule has 1 aromatic rings. The van der Waals surface area contributed by atoms with Crippen LogP contribution in [0.3, 0.4) is 0 Å². The van der Waals surface area contributed by atoms with Gasteiger partial charge in [-0.05, 0) is 63.1 Å². The van der Waals surface area contributed by atoms with Gasteiger partial charge in [0.05, 0.1) is 6.61 Å². The topological polar surface area (TPSA) is 72.5 Å². The molecular weight excluding hydrogens is 286 g/mol. The number of hydrogen-bond acceptors (Lipinski definition) is 4. The minimum Gasteiger partial charge on any atom is -0.494 e. The number of rotatable bonds is 8. The first-order chi connectivity index (χ1) is 9.74. The Hall–Kier alpha value is -1.20. The second-order valence-electron chi connectivity index (χ2n) is 5.72. The molecule has 1 atom stereocenters. The van der Waals surface area contributed by atoms with E-state index in [-0.39, 0.29) is 0 Å². The molecule has 1 aromatic carbocycles. The highest BCUT2D eigenvalue weighted by molar-refractivity contribution is 8.00. The maximum Gasteiger partial charge on any atom is 0.321 e. The van der Waals surface area contributed by atoms with Gasteiger partial charge in [0, 0.05) is 4.75 Å². The molecule has 0 aliphatic heterocycles. The number of ether oxygens (including phenoxy) is 1. The second kappa shape index (κ2) is 7.71. The molecule has 0 unspecified atom stereocenters. The van der Waals surface area contributed by atoms with Crippen LogP contribution in [-0.4, -0.2) is 34.2 Å². The van der Waals surface area contributed by atoms with Crippen LogP contribution in [0.25, 0.3) is 0 Å². The van der Waals surface area contributed by atoms with Crippen molar-refractivity contribution in [3.05, 3.63) is 29.3 Å². The van der Waals surface area contributed by atoms with Crippen molar-refractivity contribution in [3.63, 3.8) is 0 Å². The largest absolute Gasteiger partial charge is 0.494 e. The lowest BCUT2D eigenvalue weighted by atomic mass is 10.1. The molecule has 5 heteroatoms. The summed E-state index contributed by atoms with van der Waals surface area (Å²) in [6, 6.07) is 5.20. The molecule has 0 fully saturated rings. The Labute approximate surface area is 131 Å². The number of carboxylic acid groups (broad SMARTS) is 1. The maximum absolute atomic E-state index is 10.9. The molecule has 0 amide bonds. The maximum atomic E-state index is 10.9. The fraction of sp³-hybridized carbons (Fsp3) is 0.562. The highest BCUT2D eigenvalue weighted by Gasteiger charge is 2.32.